The van der Waals surface area contributed by atoms with Gasteiger partial charge in [0.05, 0.1) is 11.4 Å². The number of pyridine rings is 1. The summed E-state index contributed by atoms with van der Waals surface area (Å²) in [6.07, 6.45) is 0. The Bertz CT molecular complexity index is 368. The molecule has 0 saturated carbocycles. The van der Waals surface area contributed by atoms with Gasteiger partial charge in [0, 0.05) is 11.8 Å². The van der Waals surface area contributed by atoms with Gasteiger partial charge in [-0.05, 0) is 19.1 Å². The van der Waals surface area contributed by atoms with Crippen molar-refractivity contribution >= 4 is 34.8 Å². The molecule has 1 aromatic rings. The Labute approximate surface area is 98.8 Å². The van der Waals surface area contributed by atoms with E-state index in [1.807, 2.05) is 0 Å². The van der Waals surface area contributed by atoms with Gasteiger partial charge >= 0.3 is 0 Å². The van der Waals surface area contributed by atoms with Crippen LogP contribution in [0.4, 0.5) is 5.69 Å². The van der Waals surface area contributed by atoms with Crippen LogP contribution in [0.2, 0.25) is 5.15 Å². The molecule has 0 aromatic carbocycles. The highest BCUT2D eigenvalue weighted by atomic mass is 35.5. The summed E-state index contributed by atoms with van der Waals surface area (Å²) < 4.78 is 0. The van der Waals surface area contributed by atoms with Crippen molar-refractivity contribution in [3.8, 4) is 0 Å². The topological polar surface area (TPSA) is 42.0 Å². The quantitative estimate of drug-likeness (QED) is 0.659. The van der Waals surface area contributed by atoms with E-state index in [0.29, 0.717) is 22.4 Å². The number of rotatable bonds is 3. The number of nitrogens with zero attached hydrogens (tertiary/aromatic N) is 1. The molecule has 1 heterocycles. The summed E-state index contributed by atoms with van der Waals surface area (Å²) in [5.74, 6) is -0.0368. The van der Waals surface area contributed by atoms with Gasteiger partial charge in [-0.25, -0.2) is 4.98 Å². The van der Waals surface area contributed by atoms with E-state index in [1.165, 1.54) is 0 Å². The van der Waals surface area contributed by atoms with Gasteiger partial charge in [-0.1, -0.05) is 18.5 Å². The van der Waals surface area contributed by atoms with Crippen LogP contribution in [0.25, 0.3) is 0 Å². The lowest BCUT2D eigenvalue weighted by molar-refractivity contribution is -0.118. The Morgan fingerprint density at radius 1 is 1.60 bits per heavy atom. The van der Waals surface area contributed by atoms with E-state index < -0.39 is 0 Å². The molecule has 0 fully saturated rings. The van der Waals surface area contributed by atoms with Gasteiger partial charge in [-0.15, -0.1) is 11.6 Å². The summed E-state index contributed by atoms with van der Waals surface area (Å²) in [6, 6.07) is 3.36. The van der Waals surface area contributed by atoms with Gasteiger partial charge in [-0.2, -0.15) is 0 Å². The maximum Gasteiger partial charge on any atom is 0.228 e. The fraction of sp³-hybridized carbons (Fsp3) is 0.400. The number of hydrogen-bond acceptors (Lipinski definition) is 2. The minimum absolute atomic E-state index is 0.114. The third-order valence-electron chi connectivity index (χ3n) is 1.99. The first-order valence-electron chi connectivity index (χ1n) is 4.54. The van der Waals surface area contributed by atoms with Crippen molar-refractivity contribution in [2.45, 2.75) is 13.8 Å². The van der Waals surface area contributed by atoms with Crippen LogP contribution in [-0.2, 0) is 4.79 Å². The predicted molar refractivity (Wildman–Crippen MR) is 62.5 cm³/mol. The molecule has 0 aliphatic rings. The Morgan fingerprint density at radius 2 is 2.27 bits per heavy atom. The second kappa shape index (κ2) is 5.33. The molecule has 0 aliphatic heterocycles. The molecule has 0 spiro atoms. The highest BCUT2D eigenvalue weighted by Gasteiger charge is 2.12. The molecule has 1 unspecified atom stereocenters. The van der Waals surface area contributed by atoms with E-state index in [0.717, 1.165) is 0 Å². The normalized spacial score (nSPS) is 12.3. The van der Waals surface area contributed by atoms with Gasteiger partial charge < -0.3 is 5.32 Å². The Hall–Kier alpha value is -0.800. The van der Waals surface area contributed by atoms with Crippen LogP contribution in [0.3, 0.4) is 0 Å². The van der Waals surface area contributed by atoms with E-state index in [1.54, 1.807) is 26.0 Å². The number of hydrogen-bond donors (Lipinski definition) is 1. The lowest BCUT2D eigenvalue weighted by Crippen LogP contribution is -2.22. The highest BCUT2D eigenvalue weighted by molar-refractivity contribution is 6.29. The Morgan fingerprint density at radius 3 is 2.80 bits per heavy atom. The average molecular weight is 247 g/mol. The largest absolute Gasteiger partial charge is 0.324 e. The van der Waals surface area contributed by atoms with Crippen molar-refractivity contribution < 1.29 is 4.79 Å². The minimum Gasteiger partial charge on any atom is -0.324 e. The SMILES string of the molecule is Cc1nc(Cl)ccc1NC(=O)C(C)CCl. The monoisotopic (exact) mass is 246 g/mol. The van der Waals surface area contributed by atoms with E-state index in [2.05, 4.69) is 10.3 Å². The summed E-state index contributed by atoms with van der Waals surface area (Å²) in [7, 11) is 0. The molecule has 1 aromatic heterocycles. The lowest BCUT2D eigenvalue weighted by Gasteiger charge is -2.10. The molecular formula is C10H12Cl2N2O. The maximum absolute atomic E-state index is 11.5. The fourth-order valence-electron chi connectivity index (χ4n) is 0.989. The molecule has 1 rings (SSSR count). The standard InChI is InChI=1S/C10H12Cl2N2O/c1-6(5-11)10(15)14-8-3-4-9(12)13-7(8)2/h3-4,6H,5H2,1-2H3,(H,14,15). The summed E-state index contributed by atoms with van der Waals surface area (Å²) in [4.78, 5) is 15.6. The smallest absolute Gasteiger partial charge is 0.228 e. The van der Waals surface area contributed by atoms with E-state index in [-0.39, 0.29) is 11.8 Å². The van der Waals surface area contributed by atoms with Crippen molar-refractivity contribution in [3.05, 3.63) is 23.0 Å². The molecule has 1 amide bonds. The number of nitrogens with one attached hydrogen (secondary N) is 1. The minimum atomic E-state index is -0.221. The number of aryl methyl sites for hydroxylation is 1. The molecular weight excluding hydrogens is 235 g/mol. The first-order valence-corrected chi connectivity index (χ1v) is 5.46. The molecule has 15 heavy (non-hydrogen) atoms. The van der Waals surface area contributed by atoms with Crippen molar-refractivity contribution in [2.75, 3.05) is 11.2 Å². The first kappa shape index (κ1) is 12.3. The second-order valence-electron chi connectivity index (χ2n) is 3.31. The molecule has 3 nitrogen and oxygen atoms in total. The molecule has 5 heteroatoms. The van der Waals surface area contributed by atoms with E-state index >= 15 is 0 Å². The van der Waals surface area contributed by atoms with Crippen molar-refractivity contribution in [3.63, 3.8) is 0 Å². The number of halogens is 2. The van der Waals surface area contributed by atoms with Crippen LogP contribution in [-0.4, -0.2) is 16.8 Å². The van der Waals surface area contributed by atoms with Crippen LogP contribution in [0.1, 0.15) is 12.6 Å². The summed E-state index contributed by atoms with van der Waals surface area (Å²) in [6.45, 7) is 3.55. The zero-order chi connectivity index (χ0) is 11.4. The summed E-state index contributed by atoms with van der Waals surface area (Å²) >= 11 is 11.3. The number of carbonyl (C=O) groups is 1. The van der Waals surface area contributed by atoms with Gasteiger partial charge in [-0.3, -0.25) is 4.79 Å². The van der Waals surface area contributed by atoms with Crippen molar-refractivity contribution in [2.24, 2.45) is 5.92 Å². The number of amides is 1. The van der Waals surface area contributed by atoms with Gasteiger partial charge in [0.25, 0.3) is 0 Å². The molecule has 82 valence electrons. The van der Waals surface area contributed by atoms with Crippen LogP contribution in [0.5, 0.6) is 0 Å². The van der Waals surface area contributed by atoms with Crippen molar-refractivity contribution in [1.29, 1.82) is 0 Å². The van der Waals surface area contributed by atoms with Gasteiger partial charge in [0.1, 0.15) is 5.15 Å². The first-order chi connectivity index (χ1) is 7.04. The van der Waals surface area contributed by atoms with Crippen LogP contribution in [0.15, 0.2) is 12.1 Å². The number of alkyl halides is 1. The summed E-state index contributed by atoms with van der Waals surface area (Å²) in [5.41, 5.74) is 1.36. The number of carbonyl (C=O) groups excluding carboxylic acids is 1. The lowest BCUT2D eigenvalue weighted by atomic mass is 10.2. The summed E-state index contributed by atoms with van der Waals surface area (Å²) in [5, 5.41) is 3.16. The van der Waals surface area contributed by atoms with Crippen molar-refractivity contribution in [1.82, 2.24) is 4.98 Å². The predicted octanol–water partition coefficient (Wildman–Crippen LogP) is 2.86. The number of anilines is 1. The Kier molecular flexibility index (Phi) is 4.36. The van der Waals surface area contributed by atoms with E-state index in [4.69, 9.17) is 23.2 Å². The van der Waals surface area contributed by atoms with E-state index in [9.17, 15) is 4.79 Å². The Balaban J connectivity index is 2.77. The van der Waals surface area contributed by atoms with Gasteiger partial charge in [0.2, 0.25) is 5.91 Å². The molecule has 0 bridgehead atoms. The zero-order valence-corrected chi connectivity index (χ0v) is 10.1. The third kappa shape index (κ3) is 3.36. The van der Waals surface area contributed by atoms with Crippen LogP contribution < -0.4 is 5.32 Å². The van der Waals surface area contributed by atoms with Crippen LogP contribution in [0, 0.1) is 12.8 Å². The van der Waals surface area contributed by atoms with Gasteiger partial charge in [0.15, 0.2) is 0 Å². The second-order valence-corrected chi connectivity index (χ2v) is 4.01. The average Bonchev–Trinajstić information content (AvgIpc) is 2.20. The molecule has 1 N–H and O–H groups in total. The maximum atomic E-state index is 11.5. The fourth-order valence-corrected chi connectivity index (χ4v) is 1.32. The third-order valence-corrected chi connectivity index (χ3v) is 2.66. The molecule has 1 atom stereocenters. The molecule has 0 aliphatic carbocycles. The molecule has 0 saturated heterocycles. The number of aromatic nitrogens is 1. The highest BCUT2D eigenvalue weighted by Crippen LogP contribution is 2.16. The molecule has 0 radical (unpaired) electrons. The zero-order valence-electron chi connectivity index (χ0n) is 8.55. The van der Waals surface area contributed by atoms with Crippen LogP contribution >= 0.6 is 23.2 Å².